The van der Waals surface area contributed by atoms with E-state index in [1.165, 1.54) is 61.0 Å². The molecular weight excluding hydrogens is 1980 g/mol. The van der Waals surface area contributed by atoms with Crippen LogP contribution in [0.5, 0.6) is 28.7 Å². The van der Waals surface area contributed by atoms with Crippen LogP contribution in [0.25, 0.3) is 21.9 Å². The smallest absolute Gasteiger partial charge is 1.00 e. The van der Waals surface area contributed by atoms with Crippen LogP contribution in [0, 0.1) is 29.1 Å². The van der Waals surface area contributed by atoms with E-state index < -0.39 is 58.5 Å². The van der Waals surface area contributed by atoms with E-state index in [0.29, 0.717) is 67.3 Å². The van der Waals surface area contributed by atoms with Crippen molar-refractivity contribution in [1.29, 1.82) is 0 Å². The normalized spacial score (nSPS) is 11.0. The van der Waals surface area contributed by atoms with Gasteiger partial charge in [0, 0.05) is 114 Å². The minimum absolute atomic E-state index is 0. The number of rotatable bonds is 18. The summed E-state index contributed by atoms with van der Waals surface area (Å²) in [7, 11) is -6.07. The third-order valence-electron chi connectivity index (χ3n) is 14.9. The molecule has 30 nitrogen and oxygen atoms in total. The number of aliphatic hydroxyl groups excluding tert-OH is 1. The van der Waals surface area contributed by atoms with Gasteiger partial charge in [0.25, 0.3) is 6.47 Å². The topological polar surface area (TPSA) is 498 Å². The van der Waals surface area contributed by atoms with E-state index in [0.717, 1.165) is 128 Å². The molecule has 4 heterocycles. The van der Waals surface area contributed by atoms with E-state index in [9.17, 15) is 51.3 Å². The number of benzene rings is 8. The molecule has 2 aromatic heterocycles. The van der Waals surface area contributed by atoms with Crippen molar-refractivity contribution in [2.75, 3.05) is 72.4 Å². The van der Waals surface area contributed by atoms with Gasteiger partial charge in [-0.3, -0.25) is 33.1 Å². The Kier molecular flexibility index (Phi) is 71.7. The predicted octanol–water partition coefficient (Wildman–Crippen LogP) is 2.95. The Balaban J connectivity index is -0.000000440. The van der Waals surface area contributed by atoms with Gasteiger partial charge in [-0.25, -0.2) is 22.0 Å². The van der Waals surface area contributed by atoms with Gasteiger partial charge in [-0.15, -0.1) is 12.4 Å². The molecule has 0 spiro atoms. The number of hydrogen-bond donors (Lipinski definition) is 12. The Hall–Kier alpha value is -5.49. The van der Waals surface area contributed by atoms with E-state index >= 15 is 0 Å². The first kappa shape index (κ1) is 126. The molecule has 0 atom stereocenters. The van der Waals surface area contributed by atoms with Crippen LogP contribution in [-0.2, 0) is 97.6 Å². The fourth-order valence-corrected chi connectivity index (χ4v) is 11.5. The number of phenols is 4. The van der Waals surface area contributed by atoms with Crippen LogP contribution in [0.1, 0.15) is 78.4 Å². The van der Waals surface area contributed by atoms with Crippen LogP contribution in [0.3, 0.4) is 0 Å². The molecule has 45 heteroatoms. The number of carboxylic acids is 1. The third kappa shape index (κ3) is 54.7. The fraction of sp³-hybridized carbons (Fsp3) is 0.275. The summed E-state index contributed by atoms with van der Waals surface area (Å²) in [4.78, 5) is 57.7. The molecule has 125 heavy (non-hydrogen) atoms. The monoisotopic (exact) mass is 2070 g/mol. The van der Waals surface area contributed by atoms with Gasteiger partial charge in [-0.05, 0) is 155 Å². The number of nitrogens with one attached hydrogen (secondary N) is 1. The molecule has 12 rings (SSSR count). The first-order valence-corrected chi connectivity index (χ1v) is 40.0. The van der Waals surface area contributed by atoms with E-state index in [2.05, 4.69) is 79.8 Å². The minimum atomic E-state index is -4.67. The van der Waals surface area contributed by atoms with Crippen LogP contribution >= 0.6 is 72.4 Å². The van der Waals surface area contributed by atoms with Gasteiger partial charge < -0.3 is 106 Å². The Bertz CT molecular complexity index is 4960. The molecule has 2 saturated heterocycles. The second-order valence-corrected chi connectivity index (χ2v) is 27.5. The molecule has 0 bridgehead atoms. The molecule has 14 N–H and O–H groups in total. The van der Waals surface area contributed by atoms with Gasteiger partial charge in [0.05, 0.1) is 90.9 Å². The second-order valence-electron chi connectivity index (χ2n) is 23.9. The number of ether oxygens (including phenoxy) is 5. The number of esters is 2. The number of carbonyl (C=O) groups is 5. The SMILES string of the molecule is BrCc1cc(Br)c2occc2c1.C1COCCN1.CC(=O)c1ccc(F)cc1O.CCO.CCOC(=O)Cc1ccc(F)cc1O.CCOC(=O)Cc1ccc(F)cc1OCc1cc(Br)c2occc2c1.Cl.NCc1cccc(B(O)O)c1.O=C(O)Cc1ccc(F)cc1O.O=CO[O-].O=S(=O)(O)O.Oc1cc(F)ccc1CC(=S)N1CCOCC1.[H-].[K+].[K+].[Na+].[OH-]. The summed E-state index contributed by atoms with van der Waals surface area (Å²) >= 11 is 15.6. The maximum Gasteiger partial charge on any atom is 1.00 e. The number of carboxylic acid groups (broad SMARTS) is 1. The number of ketones is 1. The number of morpholine rings is 2. The Morgan fingerprint density at radius 1 is 0.624 bits per heavy atom. The van der Waals surface area contributed by atoms with Gasteiger partial charge in [0.15, 0.2) is 5.78 Å². The second kappa shape index (κ2) is 71.3. The average molecular weight is 2070 g/mol. The number of phenolic OH excluding ortho intramolecular Hbond substituents is 4. The fourth-order valence-electron chi connectivity index (χ4n) is 9.57. The Morgan fingerprint density at radius 2 is 1.02 bits per heavy atom. The predicted molar refractivity (Wildman–Crippen MR) is 456 cm³/mol. The maximum atomic E-state index is 13.6. The summed E-state index contributed by atoms with van der Waals surface area (Å²) in [5.41, 5.74) is 12.5. The van der Waals surface area contributed by atoms with Gasteiger partial charge in [-0.1, -0.05) is 76.7 Å². The van der Waals surface area contributed by atoms with Gasteiger partial charge in [0.2, 0.25) is 0 Å². The van der Waals surface area contributed by atoms with Crippen LogP contribution in [-0.4, -0.2) is 183 Å². The quantitative estimate of drug-likeness (QED) is 0.00561. The van der Waals surface area contributed by atoms with Gasteiger partial charge >= 0.3 is 168 Å². The maximum absolute atomic E-state index is 13.6. The van der Waals surface area contributed by atoms with Crippen molar-refractivity contribution < 1.29 is 286 Å². The summed E-state index contributed by atoms with van der Waals surface area (Å²) in [6.07, 6.45) is 3.47. The molecule has 2 fully saturated rings. The van der Waals surface area contributed by atoms with Crippen LogP contribution in [0.15, 0.2) is 182 Å². The molecule has 10 aromatic rings. The molecule has 0 saturated carbocycles. The first-order valence-electron chi connectivity index (χ1n) is 35.5. The Morgan fingerprint density at radius 3 is 1.41 bits per heavy atom. The molecule has 0 aliphatic carbocycles. The van der Waals surface area contributed by atoms with Crippen molar-refractivity contribution in [1.82, 2.24) is 10.2 Å². The molecule has 670 valence electrons. The van der Waals surface area contributed by atoms with E-state index in [-0.39, 0.29) is 236 Å². The number of nitrogens with zero attached hydrogens (tertiary/aromatic N) is 1. The zero-order chi connectivity index (χ0) is 89.9. The zero-order valence-electron chi connectivity index (χ0n) is 69.7. The van der Waals surface area contributed by atoms with Crippen LogP contribution in [0.2, 0.25) is 0 Å². The van der Waals surface area contributed by atoms with Gasteiger partial charge in [-0.2, -0.15) is 8.42 Å². The molecule has 0 amide bonds. The number of nitrogens with two attached hydrogens (primary N) is 1. The third-order valence-corrected chi connectivity index (χ3v) is 17.1. The summed E-state index contributed by atoms with van der Waals surface area (Å²) in [6.45, 7) is 14.5. The minimum Gasteiger partial charge on any atom is -1.00 e. The molecule has 0 unspecified atom stereocenters. The van der Waals surface area contributed by atoms with Crippen molar-refractivity contribution in [3.63, 3.8) is 0 Å². The van der Waals surface area contributed by atoms with E-state index in [4.69, 9.17) is 104 Å². The number of hydrogen-bond acceptors (Lipinski definition) is 27. The zero-order valence-corrected chi connectivity index (χ0v) is 84.1. The first-order chi connectivity index (χ1) is 56.9. The summed E-state index contributed by atoms with van der Waals surface area (Å²) in [6, 6.07) is 36.9. The summed E-state index contributed by atoms with van der Waals surface area (Å²) in [5, 5.41) is 84.9. The summed E-state index contributed by atoms with van der Waals surface area (Å²) < 4.78 is 133. The molecular formula is C80H92BBr3ClF5K2N3NaO27S2. The van der Waals surface area contributed by atoms with Crippen molar-refractivity contribution in [3.8, 4) is 28.7 Å². The van der Waals surface area contributed by atoms with Crippen molar-refractivity contribution in [2.24, 2.45) is 5.73 Å². The number of carbonyl (C=O) groups excluding carboxylic acids is 4. The van der Waals surface area contributed by atoms with Gasteiger partial charge in [0.1, 0.15) is 75.6 Å². The number of fused-ring (bicyclic) bond motifs is 2. The number of thiocarbonyl (C=S) groups is 1. The number of aromatic hydroxyl groups is 4. The molecule has 2 aliphatic rings. The summed E-state index contributed by atoms with van der Waals surface area (Å²) in [5.74, 6) is -5.23. The number of aliphatic hydroxyl groups is 1. The largest absolute Gasteiger partial charge is 1.00 e. The number of alkyl halides is 1. The van der Waals surface area contributed by atoms with E-state index in [1.54, 1.807) is 57.6 Å². The molecule has 2 aliphatic heterocycles. The van der Waals surface area contributed by atoms with Crippen molar-refractivity contribution in [2.45, 2.75) is 71.9 Å². The number of furan rings is 2. The van der Waals surface area contributed by atoms with Crippen LogP contribution < -0.4 is 159 Å². The van der Waals surface area contributed by atoms with Crippen LogP contribution in [0.4, 0.5) is 22.0 Å². The van der Waals surface area contributed by atoms with Crippen molar-refractivity contribution in [3.05, 3.63) is 247 Å². The molecule has 0 radical (unpaired) electrons. The van der Waals surface area contributed by atoms with E-state index in [1.807, 2.05) is 30.3 Å². The van der Waals surface area contributed by atoms with Crippen molar-refractivity contribution >= 4 is 152 Å². The average Bonchev–Trinajstić information content (AvgIpc) is 1.66. The standard InChI is InChI=1S/C19H16BrFO4.C12H14FNO2S.C10H11FO3.C9H6Br2O.C8H7FO3.C8H7FO2.C7H10BNO2.C4H9NO.C2H6O.CH2O3.ClH.2K.Na.H2O4S.H2O.H/c1-2-23-18(22)9-13-3-4-15(21)10-17(13)25-11-12-7-14-5-6-24-19(14)16(20)8-12;13-10-2-1-9(11(15)8-10)7-12(17)14-3-5-16-6-4-14;1-2-14-10(13)5-7-3-4-8(11)6-9(7)12;10-5-6-3-7-1-2-12-9(7)8(11)4-6;9-6-2-1-5(3-8(11)12)7(10)4-6;1-5(10)7-3-2-6(9)4-8(7)11;9-5-6-2-1-3-7(4-6)8(10)11;1-3-6-4-2-5-1;1-2-3;2-1-4-3;;;;;1-5(2,3)4;;/h3-8,10H,2,9,11H2,1H3;1-2,8,15H,3-7H2;3-4,6,12H,2,5H2,1H3;1-4H,5H2;1-2,4,10H,3H2,(H,11,12);2-4,11H,1H3;1-4,10-11H,5,9H2;5H,1-4H2;3H,2H2,1H3;1,3H;1H;;;;(H2,1,2,3,4);1H2;/q;;;;;;;;;;;3*+1;;;-1/p-2. The number of aliphatic carboxylic acids is 1. The Labute approximate surface area is 863 Å². The molecule has 8 aromatic carbocycles. The number of Topliss-reactive ketones (excluding diaryl/α,β-unsaturated/α-hetero) is 1. The number of halogens is 9.